The molecule has 1 amide bonds. The van der Waals surface area contributed by atoms with Gasteiger partial charge < -0.3 is 15.5 Å². The quantitative estimate of drug-likeness (QED) is 0.689. The average molecular weight is 328 g/mol. The van der Waals surface area contributed by atoms with E-state index in [0.29, 0.717) is 0 Å². The maximum Gasteiger partial charge on any atom is 0.326 e. The minimum Gasteiger partial charge on any atom is -0.480 e. The molecule has 0 fully saturated rings. The van der Waals surface area contributed by atoms with E-state index in [4.69, 9.17) is 10.2 Å². The number of aliphatic hydroxyl groups is 1. The molecule has 0 saturated heterocycles. The number of carbonyl (C=O) groups is 2. The normalized spacial score (nSPS) is 12.3. The molecule has 102 valence electrons. The lowest BCUT2D eigenvalue weighted by Gasteiger charge is -2.11. The highest BCUT2D eigenvalue weighted by molar-refractivity contribution is 9.10. The Kier molecular flexibility index (Phi) is 6.24. The number of aliphatic hydroxyl groups excluding tert-OH is 1. The van der Waals surface area contributed by atoms with Gasteiger partial charge in [-0.25, -0.2) is 4.79 Å². The fourth-order valence-corrected chi connectivity index (χ4v) is 1.80. The summed E-state index contributed by atoms with van der Waals surface area (Å²) in [6, 6.07) is 6.25. The molecule has 0 heterocycles. The summed E-state index contributed by atoms with van der Waals surface area (Å²) in [5.74, 6) is -1.69. The number of carboxylic acids is 1. The van der Waals surface area contributed by atoms with E-state index in [-0.39, 0.29) is 13.0 Å². The lowest BCUT2D eigenvalue weighted by atomic mass is 10.2. The van der Waals surface area contributed by atoms with Crippen molar-refractivity contribution in [3.8, 4) is 0 Å². The Hall–Kier alpha value is -1.66. The van der Waals surface area contributed by atoms with Gasteiger partial charge in [0.15, 0.2) is 0 Å². The first-order chi connectivity index (χ1) is 9.04. The third-order valence-electron chi connectivity index (χ3n) is 2.35. The smallest absolute Gasteiger partial charge is 0.326 e. The number of nitrogens with one attached hydrogen (secondary N) is 1. The van der Waals surface area contributed by atoms with Crippen LogP contribution in [0.3, 0.4) is 0 Å². The monoisotopic (exact) mass is 327 g/mol. The maximum atomic E-state index is 11.6. The predicted molar refractivity (Wildman–Crippen MR) is 74.4 cm³/mol. The molecule has 0 saturated carbocycles. The van der Waals surface area contributed by atoms with Crippen molar-refractivity contribution in [2.75, 3.05) is 6.61 Å². The molecule has 0 aliphatic carbocycles. The van der Waals surface area contributed by atoms with Gasteiger partial charge in [-0.2, -0.15) is 0 Å². The first-order valence-electron chi connectivity index (χ1n) is 5.61. The highest BCUT2D eigenvalue weighted by Gasteiger charge is 2.17. The lowest BCUT2D eigenvalue weighted by molar-refractivity contribution is -0.141. The summed E-state index contributed by atoms with van der Waals surface area (Å²) in [5.41, 5.74) is 0.812. The Morgan fingerprint density at radius 2 is 2.05 bits per heavy atom. The number of halogens is 1. The number of carboxylic acid groups (broad SMARTS) is 1. The van der Waals surface area contributed by atoms with Crippen molar-refractivity contribution in [2.24, 2.45) is 0 Å². The first kappa shape index (κ1) is 15.4. The van der Waals surface area contributed by atoms with Crippen LogP contribution < -0.4 is 5.32 Å². The summed E-state index contributed by atoms with van der Waals surface area (Å²) in [6.45, 7) is -0.300. The Bertz CT molecular complexity index is 487. The standard InChI is InChI=1S/C13H14BrNO4/c14-10-4-2-1-3-9(10)5-6-12(17)15-11(7-8-16)13(18)19/h1-6,11,16H,7-8H2,(H,15,17)(H,18,19). The lowest BCUT2D eigenvalue weighted by Crippen LogP contribution is -2.40. The second kappa shape index (κ2) is 7.70. The molecule has 19 heavy (non-hydrogen) atoms. The van der Waals surface area contributed by atoms with Crippen molar-refractivity contribution in [1.29, 1.82) is 0 Å². The maximum absolute atomic E-state index is 11.6. The molecule has 0 aromatic heterocycles. The van der Waals surface area contributed by atoms with Crippen LogP contribution in [0.25, 0.3) is 6.08 Å². The highest BCUT2D eigenvalue weighted by atomic mass is 79.9. The Labute approximate surface area is 119 Å². The summed E-state index contributed by atoms with van der Waals surface area (Å²) >= 11 is 3.34. The van der Waals surface area contributed by atoms with E-state index < -0.39 is 17.9 Å². The van der Waals surface area contributed by atoms with Crippen LogP contribution in [0.4, 0.5) is 0 Å². The molecule has 0 spiro atoms. The second-order valence-electron chi connectivity index (χ2n) is 3.77. The summed E-state index contributed by atoms with van der Waals surface area (Å²) < 4.78 is 0.837. The van der Waals surface area contributed by atoms with Crippen molar-refractivity contribution >= 4 is 33.9 Å². The molecular formula is C13H14BrNO4. The van der Waals surface area contributed by atoms with Gasteiger partial charge in [0.25, 0.3) is 0 Å². The van der Waals surface area contributed by atoms with E-state index in [1.807, 2.05) is 24.3 Å². The fourth-order valence-electron chi connectivity index (χ4n) is 1.38. The molecule has 6 heteroatoms. The highest BCUT2D eigenvalue weighted by Crippen LogP contribution is 2.16. The minimum absolute atomic E-state index is 0.0239. The molecule has 0 aliphatic heterocycles. The van der Waals surface area contributed by atoms with E-state index >= 15 is 0 Å². The predicted octanol–water partition coefficient (Wildman–Crippen LogP) is 1.41. The Morgan fingerprint density at radius 3 is 2.63 bits per heavy atom. The van der Waals surface area contributed by atoms with E-state index in [1.54, 1.807) is 6.08 Å². The zero-order valence-electron chi connectivity index (χ0n) is 10.0. The van der Waals surface area contributed by atoms with Crippen LogP contribution >= 0.6 is 15.9 Å². The molecule has 0 bridgehead atoms. The van der Waals surface area contributed by atoms with Gasteiger partial charge in [-0.1, -0.05) is 34.1 Å². The van der Waals surface area contributed by atoms with Crippen molar-refractivity contribution in [1.82, 2.24) is 5.32 Å². The molecule has 1 rings (SSSR count). The van der Waals surface area contributed by atoms with Crippen molar-refractivity contribution < 1.29 is 19.8 Å². The summed E-state index contributed by atoms with van der Waals surface area (Å²) in [6.07, 6.45) is 2.81. The number of hydrogen-bond acceptors (Lipinski definition) is 3. The SMILES string of the molecule is O=C(C=Cc1ccccc1Br)NC(CCO)C(=O)O. The van der Waals surface area contributed by atoms with Crippen LogP contribution in [0.5, 0.6) is 0 Å². The molecule has 1 atom stereocenters. The number of carbonyl (C=O) groups excluding carboxylic acids is 1. The molecule has 1 aromatic rings. The van der Waals surface area contributed by atoms with Gasteiger partial charge in [0, 0.05) is 23.6 Å². The number of rotatable bonds is 6. The van der Waals surface area contributed by atoms with E-state index in [1.165, 1.54) is 6.08 Å². The van der Waals surface area contributed by atoms with Crippen LogP contribution in [0, 0.1) is 0 Å². The van der Waals surface area contributed by atoms with Gasteiger partial charge in [0.05, 0.1) is 0 Å². The van der Waals surface area contributed by atoms with Crippen molar-refractivity contribution in [2.45, 2.75) is 12.5 Å². The third-order valence-corrected chi connectivity index (χ3v) is 3.07. The van der Waals surface area contributed by atoms with E-state index in [9.17, 15) is 9.59 Å². The zero-order valence-corrected chi connectivity index (χ0v) is 11.6. The largest absolute Gasteiger partial charge is 0.480 e. The Balaban J connectivity index is 2.64. The third kappa shape index (κ3) is 5.23. The summed E-state index contributed by atoms with van der Waals surface area (Å²) in [7, 11) is 0. The van der Waals surface area contributed by atoms with Crippen LogP contribution in [0.1, 0.15) is 12.0 Å². The van der Waals surface area contributed by atoms with Crippen molar-refractivity contribution in [3.63, 3.8) is 0 Å². The number of benzene rings is 1. The van der Waals surface area contributed by atoms with Crippen molar-refractivity contribution in [3.05, 3.63) is 40.4 Å². The second-order valence-corrected chi connectivity index (χ2v) is 4.62. The van der Waals surface area contributed by atoms with Crippen LogP contribution in [0.2, 0.25) is 0 Å². The molecule has 0 aliphatic rings. The van der Waals surface area contributed by atoms with Crippen LogP contribution in [-0.4, -0.2) is 34.7 Å². The Morgan fingerprint density at radius 1 is 1.37 bits per heavy atom. The molecule has 3 N–H and O–H groups in total. The van der Waals surface area contributed by atoms with E-state index in [2.05, 4.69) is 21.2 Å². The molecule has 1 aromatic carbocycles. The van der Waals surface area contributed by atoms with Gasteiger partial charge in [-0.15, -0.1) is 0 Å². The fraction of sp³-hybridized carbons (Fsp3) is 0.231. The molecular weight excluding hydrogens is 314 g/mol. The molecule has 1 unspecified atom stereocenters. The number of aliphatic carboxylic acids is 1. The summed E-state index contributed by atoms with van der Waals surface area (Å²) in [5, 5.41) is 19.8. The van der Waals surface area contributed by atoms with Gasteiger partial charge >= 0.3 is 5.97 Å². The topological polar surface area (TPSA) is 86.6 Å². The number of hydrogen-bond donors (Lipinski definition) is 3. The number of amides is 1. The van der Waals surface area contributed by atoms with Gasteiger partial charge in [-0.3, -0.25) is 4.79 Å². The first-order valence-corrected chi connectivity index (χ1v) is 6.40. The zero-order chi connectivity index (χ0) is 14.3. The van der Waals surface area contributed by atoms with Gasteiger partial charge in [0.1, 0.15) is 6.04 Å². The average Bonchev–Trinajstić information content (AvgIpc) is 2.37. The van der Waals surface area contributed by atoms with E-state index in [0.717, 1.165) is 10.0 Å². The van der Waals surface area contributed by atoms with Gasteiger partial charge in [0.2, 0.25) is 5.91 Å². The van der Waals surface area contributed by atoms with Crippen LogP contribution in [0.15, 0.2) is 34.8 Å². The molecule has 5 nitrogen and oxygen atoms in total. The summed E-state index contributed by atoms with van der Waals surface area (Å²) in [4.78, 5) is 22.4. The minimum atomic E-state index is -1.17. The molecule has 0 radical (unpaired) electrons. The van der Waals surface area contributed by atoms with Crippen LogP contribution in [-0.2, 0) is 9.59 Å². The van der Waals surface area contributed by atoms with Gasteiger partial charge in [-0.05, 0) is 17.7 Å².